The molecule has 0 bridgehead atoms. The predicted molar refractivity (Wildman–Crippen MR) is 74.6 cm³/mol. The molecule has 1 heterocycles. The van der Waals surface area contributed by atoms with E-state index in [0.29, 0.717) is 6.42 Å². The molecule has 1 N–H and O–H groups in total. The number of piperidine rings is 1. The molecule has 0 unspecified atom stereocenters. The van der Waals surface area contributed by atoms with Crippen LogP contribution in [-0.2, 0) is 12.8 Å². The number of hydrogen-bond donors (Lipinski definition) is 1. The smallest absolute Gasteiger partial charge is 0.109 e. The largest absolute Gasteiger partial charge is 0.317 e. The maximum absolute atomic E-state index is 13.7. The van der Waals surface area contributed by atoms with E-state index < -0.39 is 5.67 Å². The number of benzene rings is 1. The van der Waals surface area contributed by atoms with Crippen LogP contribution in [0.3, 0.4) is 0 Å². The van der Waals surface area contributed by atoms with E-state index in [1.54, 1.807) is 13.8 Å². The Labute approximate surface area is 110 Å². The molecular weight excluding hydrogens is 225 g/mol. The van der Waals surface area contributed by atoms with Crippen molar-refractivity contribution in [2.75, 3.05) is 13.1 Å². The molecule has 0 aliphatic carbocycles. The molecule has 2 rings (SSSR count). The maximum Gasteiger partial charge on any atom is 0.109 e. The molecule has 0 radical (unpaired) electrons. The number of rotatable bonds is 4. The van der Waals surface area contributed by atoms with Gasteiger partial charge in [-0.3, -0.25) is 0 Å². The fraction of sp³-hybridized carbons (Fsp3) is 0.625. The highest BCUT2D eigenvalue weighted by molar-refractivity contribution is 5.25. The third-order valence-electron chi connectivity index (χ3n) is 3.60. The van der Waals surface area contributed by atoms with Gasteiger partial charge in [-0.05, 0) is 63.2 Å². The van der Waals surface area contributed by atoms with Gasteiger partial charge < -0.3 is 5.32 Å². The van der Waals surface area contributed by atoms with Crippen molar-refractivity contribution in [3.8, 4) is 0 Å². The van der Waals surface area contributed by atoms with Crippen LogP contribution in [0.5, 0.6) is 0 Å². The zero-order chi connectivity index (χ0) is 13.0. The first-order valence-corrected chi connectivity index (χ1v) is 7.00. The van der Waals surface area contributed by atoms with Crippen molar-refractivity contribution < 1.29 is 4.39 Å². The summed E-state index contributed by atoms with van der Waals surface area (Å²) >= 11 is 0. The molecule has 1 fully saturated rings. The van der Waals surface area contributed by atoms with Crippen molar-refractivity contribution in [1.82, 2.24) is 5.32 Å². The highest BCUT2D eigenvalue weighted by Crippen LogP contribution is 2.21. The first-order valence-electron chi connectivity index (χ1n) is 7.00. The summed E-state index contributed by atoms with van der Waals surface area (Å²) in [6.45, 7) is 5.57. The summed E-state index contributed by atoms with van der Waals surface area (Å²) in [5, 5.41) is 3.39. The van der Waals surface area contributed by atoms with Gasteiger partial charge in [-0.25, -0.2) is 4.39 Å². The van der Waals surface area contributed by atoms with Gasteiger partial charge in [-0.2, -0.15) is 0 Å². The van der Waals surface area contributed by atoms with E-state index in [0.717, 1.165) is 31.0 Å². The second-order valence-corrected chi connectivity index (χ2v) is 6.11. The van der Waals surface area contributed by atoms with Crippen molar-refractivity contribution in [2.24, 2.45) is 5.92 Å². The quantitative estimate of drug-likeness (QED) is 0.861. The van der Waals surface area contributed by atoms with Gasteiger partial charge in [0.25, 0.3) is 0 Å². The lowest BCUT2D eigenvalue weighted by atomic mass is 9.89. The monoisotopic (exact) mass is 249 g/mol. The van der Waals surface area contributed by atoms with Crippen molar-refractivity contribution in [2.45, 2.75) is 45.2 Å². The summed E-state index contributed by atoms with van der Waals surface area (Å²) < 4.78 is 13.7. The molecule has 2 heteroatoms. The second-order valence-electron chi connectivity index (χ2n) is 6.11. The van der Waals surface area contributed by atoms with Gasteiger partial charge in [0, 0.05) is 6.42 Å². The molecule has 0 atom stereocenters. The molecule has 0 saturated carbocycles. The lowest BCUT2D eigenvalue weighted by molar-refractivity contribution is 0.217. The molecule has 1 nitrogen and oxygen atoms in total. The van der Waals surface area contributed by atoms with E-state index in [9.17, 15) is 4.39 Å². The van der Waals surface area contributed by atoms with E-state index in [1.807, 2.05) is 6.07 Å². The van der Waals surface area contributed by atoms with Gasteiger partial charge >= 0.3 is 0 Å². The number of alkyl halides is 1. The second kappa shape index (κ2) is 5.83. The molecule has 1 aliphatic heterocycles. The van der Waals surface area contributed by atoms with E-state index in [-0.39, 0.29) is 0 Å². The minimum Gasteiger partial charge on any atom is -0.317 e. The number of nitrogens with one attached hydrogen (secondary N) is 1. The topological polar surface area (TPSA) is 12.0 Å². The Morgan fingerprint density at radius 2 is 1.89 bits per heavy atom. The fourth-order valence-corrected chi connectivity index (χ4v) is 2.77. The zero-order valence-electron chi connectivity index (χ0n) is 11.5. The van der Waals surface area contributed by atoms with Crippen LogP contribution < -0.4 is 5.32 Å². The Kier molecular flexibility index (Phi) is 4.39. The molecule has 0 aromatic heterocycles. The van der Waals surface area contributed by atoms with Crippen LogP contribution in [-0.4, -0.2) is 18.8 Å². The molecule has 18 heavy (non-hydrogen) atoms. The molecule has 1 aromatic carbocycles. The maximum atomic E-state index is 13.7. The Hall–Kier alpha value is -0.890. The summed E-state index contributed by atoms with van der Waals surface area (Å²) in [5.74, 6) is 0.792. The van der Waals surface area contributed by atoms with Gasteiger partial charge in [-0.1, -0.05) is 24.3 Å². The summed E-state index contributed by atoms with van der Waals surface area (Å²) in [4.78, 5) is 0. The lowest BCUT2D eigenvalue weighted by Gasteiger charge is -2.23. The third kappa shape index (κ3) is 4.41. The van der Waals surface area contributed by atoms with Crippen molar-refractivity contribution >= 4 is 0 Å². The zero-order valence-corrected chi connectivity index (χ0v) is 11.5. The van der Waals surface area contributed by atoms with Gasteiger partial charge in [0.2, 0.25) is 0 Å². The molecule has 1 aromatic rings. The molecule has 1 saturated heterocycles. The average Bonchev–Trinajstić information content (AvgIpc) is 2.28. The van der Waals surface area contributed by atoms with Gasteiger partial charge in [0.1, 0.15) is 5.67 Å². The van der Waals surface area contributed by atoms with Crippen LogP contribution in [0.2, 0.25) is 0 Å². The predicted octanol–water partition coefficient (Wildman–Crippen LogP) is 3.52. The summed E-state index contributed by atoms with van der Waals surface area (Å²) in [7, 11) is 0. The first kappa shape index (κ1) is 13.5. The van der Waals surface area contributed by atoms with Gasteiger partial charge in [-0.15, -0.1) is 0 Å². The van der Waals surface area contributed by atoms with E-state index >= 15 is 0 Å². The summed E-state index contributed by atoms with van der Waals surface area (Å²) in [5.41, 5.74) is 1.37. The van der Waals surface area contributed by atoms with Gasteiger partial charge in [0.15, 0.2) is 0 Å². The van der Waals surface area contributed by atoms with E-state index in [4.69, 9.17) is 0 Å². The van der Waals surface area contributed by atoms with Crippen LogP contribution >= 0.6 is 0 Å². The highest BCUT2D eigenvalue weighted by Gasteiger charge is 2.17. The lowest BCUT2D eigenvalue weighted by Crippen LogP contribution is -2.28. The van der Waals surface area contributed by atoms with Crippen LogP contribution in [0.1, 0.15) is 37.8 Å². The molecule has 0 amide bonds. The Balaban J connectivity index is 1.98. The van der Waals surface area contributed by atoms with Crippen LogP contribution in [0.4, 0.5) is 4.39 Å². The Bertz CT molecular complexity index is 375. The molecule has 100 valence electrons. The summed E-state index contributed by atoms with van der Waals surface area (Å²) in [6, 6.07) is 8.46. The Morgan fingerprint density at radius 3 is 2.56 bits per heavy atom. The minimum atomic E-state index is -1.12. The van der Waals surface area contributed by atoms with Crippen molar-refractivity contribution in [3.63, 3.8) is 0 Å². The normalized spacial score (nSPS) is 17.9. The molecular formula is C16H24FN. The molecule has 1 aliphatic rings. The summed E-state index contributed by atoms with van der Waals surface area (Å²) in [6.07, 6.45) is 4.17. The SMILES string of the molecule is CC(C)(F)Cc1cccc(CC2CCNCC2)c1. The highest BCUT2D eigenvalue weighted by atomic mass is 19.1. The van der Waals surface area contributed by atoms with Gasteiger partial charge in [0.05, 0.1) is 0 Å². The third-order valence-corrected chi connectivity index (χ3v) is 3.60. The van der Waals surface area contributed by atoms with Crippen LogP contribution in [0, 0.1) is 5.92 Å². The van der Waals surface area contributed by atoms with E-state index in [1.165, 1.54) is 18.4 Å². The standard InChI is InChI=1S/C16H24FN/c1-16(2,17)12-15-5-3-4-14(11-15)10-13-6-8-18-9-7-13/h3-5,11,13,18H,6-10,12H2,1-2H3. The average molecular weight is 249 g/mol. The first-order chi connectivity index (χ1) is 8.53. The number of hydrogen-bond acceptors (Lipinski definition) is 1. The molecule has 0 spiro atoms. The van der Waals surface area contributed by atoms with Crippen LogP contribution in [0.15, 0.2) is 24.3 Å². The fourth-order valence-electron chi connectivity index (χ4n) is 2.77. The van der Waals surface area contributed by atoms with Crippen molar-refractivity contribution in [3.05, 3.63) is 35.4 Å². The van der Waals surface area contributed by atoms with Crippen LogP contribution in [0.25, 0.3) is 0 Å². The number of halogens is 1. The van der Waals surface area contributed by atoms with Crippen molar-refractivity contribution in [1.29, 1.82) is 0 Å². The minimum absolute atomic E-state index is 0.507. The van der Waals surface area contributed by atoms with E-state index in [2.05, 4.69) is 23.5 Å². The Morgan fingerprint density at radius 1 is 1.22 bits per heavy atom.